The number of nitrogens with zero attached hydrogens (tertiary/aromatic N) is 5. The highest BCUT2D eigenvalue weighted by atomic mass is 35.5. The number of aromatic nitrogens is 3. The Labute approximate surface area is 211 Å². The highest BCUT2D eigenvalue weighted by molar-refractivity contribution is 6.31. The van der Waals surface area contributed by atoms with Gasteiger partial charge in [-0.2, -0.15) is 9.61 Å². The molecule has 2 N–H and O–H groups in total. The number of benzene rings is 1. The van der Waals surface area contributed by atoms with Crippen molar-refractivity contribution < 1.29 is 9.53 Å². The van der Waals surface area contributed by atoms with Gasteiger partial charge < -0.3 is 20.3 Å². The zero-order valence-electron chi connectivity index (χ0n) is 20.3. The molecular formula is C26H33ClN6O2. The molecule has 2 bridgehead atoms. The Morgan fingerprint density at radius 2 is 2.00 bits per heavy atom. The predicted molar refractivity (Wildman–Crippen MR) is 137 cm³/mol. The van der Waals surface area contributed by atoms with Crippen LogP contribution in [-0.4, -0.2) is 58.7 Å². The molecule has 186 valence electrons. The number of carbonyl (C=O) groups is 1. The van der Waals surface area contributed by atoms with Crippen molar-refractivity contribution in [2.45, 2.75) is 51.0 Å². The molecule has 2 aliphatic heterocycles. The normalized spacial score (nSPS) is 19.2. The molecule has 1 aromatic carbocycles. The van der Waals surface area contributed by atoms with Gasteiger partial charge in [-0.1, -0.05) is 11.6 Å². The van der Waals surface area contributed by atoms with E-state index in [0.29, 0.717) is 36.0 Å². The highest BCUT2D eigenvalue weighted by Gasteiger charge is 2.32. The highest BCUT2D eigenvalue weighted by Crippen LogP contribution is 2.35. The first-order valence-electron chi connectivity index (χ1n) is 12.6. The Kier molecular flexibility index (Phi) is 7.11. The Morgan fingerprint density at radius 3 is 2.86 bits per heavy atom. The first kappa shape index (κ1) is 23.9. The van der Waals surface area contributed by atoms with Gasteiger partial charge in [0.15, 0.2) is 5.65 Å². The molecule has 1 fully saturated rings. The maximum absolute atomic E-state index is 13.8. The lowest BCUT2D eigenvalue weighted by atomic mass is 9.98. The van der Waals surface area contributed by atoms with E-state index in [1.807, 2.05) is 21.5 Å². The number of amides is 1. The minimum atomic E-state index is -0.124. The molecule has 2 aliphatic rings. The standard InChI is InChI=1S/C26H33ClN6O2/c1-31-12-4-5-14-35-23-10-9-18(27)15-20(23)26(34)32-13-3-2-8-22(32)21-17-24-29-19(7-6-11-28)16-25(31)33(24)30-21/h9-10,15-17,22H,2-8,11-14,28H2,1H3/t22-/m0/s1. The fourth-order valence-corrected chi connectivity index (χ4v) is 5.22. The number of carbonyl (C=O) groups excluding carboxylic acids is 1. The molecule has 1 saturated heterocycles. The van der Waals surface area contributed by atoms with E-state index in [1.165, 1.54) is 0 Å². The molecule has 3 aromatic rings. The minimum absolute atomic E-state index is 0.0620. The SMILES string of the molecule is CN1CCCCOc2ccc(Cl)cc2C(=O)N2CCCC[C@H]2c2cc3nc(CCCN)cc1n3n2. The summed E-state index contributed by atoms with van der Waals surface area (Å²) in [7, 11) is 2.09. The Hall–Kier alpha value is -2.84. The van der Waals surface area contributed by atoms with Gasteiger partial charge in [0.2, 0.25) is 0 Å². The zero-order valence-corrected chi connectivity index (χ0v) is 21.0. The molecule has 2 aromatic heterocycles. The van der Waals surface area contributed by atoms with E-state index in [2.05, 4.69) is 18.0 Å². The van der Waals surface area contributed by atoms with Gasteiger partial charge in [-0.15, -0.1) is 0 Å². The zero-order chi connectivity index (χ0) is 24.4. The molecule has 35 heavy (non-hydrogen) atoms. The van der Waals surface area contributed by atoms with E-state index < -0.39 is 0 Å². The number of hydrogen-bond acceptors (Lipinski definition) is 6. The lowest BCUT2D eigenvalue weighted by Crippen LogP contribution is -2.39. The van der Waals surface area contributed by atoms with E-state index in [9.17, 15) is 4.79 Å². The van der Waals surface area contributed by atoms with Crippen LogP contribution in [0.25, 0.3) is 5.65 Å². The van der Waals surface area contributed by atoms with Crippen molar-refractivity contribution >= 4 is 29.0 Å². The monoisotopic (exact) mass is 496 g/mol. The van der Waals surface area contributed by atoms with Crippen LogP contribution in [-0.2, 0) is 6.42 Å². The van der Waals surface area contributed by atoms with Gasteiger partial charge in [0.1, 0.15) is 11.6 Å². The molecule has 1 atom stereocenters. The van der Waals surface area contributed by atoms with Crippen molar-refractivity contribution in [1.29, 1.82) is 0 Å². The van der Waals surface area contributed by atoms with E-state index in [0.717, 1.165) is 74.3 Å². The molecule has 0 unspecified atom stereocenters. The molecule has 0 saturated carbocycles. The fraction of sp³-hybridized carbons (Fsp3) is 0.500. The Balaban J connectivity index is 1.61. The van der Waals surface area contributed by atoms with Crippen LogP contribution < -0.4 is 15.4 Å². The molecule has 8 nitrogen and oxygen atoms in total. The summed E-state index contributed by atoms with van der Waals surface area (Å²) in [6.07, 6.45) is 6.39. The average molecular weight is 497 g/mol. The summed E-state index contributed by atoms with van der Waals surface area (Å²) in [5, 5.41) is 5.53. The summed E-state index contributed by atoms with van der Waals surface area (Å²) in [5.41, 5.74) is 8.98. The maximum Gasteiger partial charge on any atom is 0.258 e. The maximum atomic E-state index is 13.8. The molecule has 0 spiro atoms. The summed E-state index contributed by atoms with van der Waals surface area (Å²) in [6, 6.07) is 9.35. The number of hydrogen-bond donors (Lipinski definition) is 1. The summed E-state index contributed by atoms with van der Waals surface area (Å²) >= 11 is 6.30. The lowest BCUT2D eigenvalue weighted by molar-refractivity contribution is 0.0601. The van der Waals surface area contributed by atoms with Crippen molar-refractivity contribution in [3.05, 3.63) is 52.3 Å². The van der Waals surface area contributed by atoms with Crippen LogP contribution in [0.2, 0.25) is 5.02 Å². The van der Waals surface area contributed by atoms with Gasteiger partial charge in [-0.25, -0.2) is 4.98 Å². The van der Waals surface area contributed by atoms with E-state index in [-0.39, 0.29) is 11.9 Å². The second kappa shape index (κ2) is 10.4. The molecule has 0 radical (unpaired) electrons. The quantitative estimate of drug-likeness (QED) is 0.583. The molecule has 5 rings (SSSR count). The van der Waals surface area contributed by atoms with Crippen LogP contribution in [0.1, 0.15) is 66.3 Å². The molecular weight excluding hydrogens is 464 g/mol. The number of fused-ring (bicyclic) bond motifs is 4. The van der Waals surface area contributed by atoms with Gasteiger partial charge in [0, 0.05) is 43.0 Å². The third kappa shape index (κ3) is 4.95. The summed E-state index contributed by atoms with van der Waals surface area (Å²) in [5.74, 6) is 1.54. The number of ether oxygens (including phenoxy) is 1. The number of halogens is 1. The first-order chi connectivity index (χ1) is 17.0. The van der Waals surface area contributed by atoms with Crippen molar-refractivity contribution in [2.75, 3.05) is 38.2 Å². The van der Waals surface area contributed by atoms with Gasteiger partial charge in [-0.05, 0) is 69.7 Å². The predicted octanol–water partition coefficient (Wildman–Crippen LogP) is 4.25. The number of nitrogens with two attached hydrogens (primary N) is 1. The largest absolute Gasteiger partial charge is 0.493 e. The van der Waals surface area contributed by atoms with Crippen LogP contribution in [0, 0.1) is 0 Å². The van der Waals surface area contributed by atoms with E-state index in [1.54, 1.807) is 12.1 Å². The van der Waals surface area contributed by atoms with Gasteiger partial charge in [0.25, 0.3) is 5.91 Å². The topological polar surface area (TPSA) is 89.0 Å². The summed E-state index contributed by atoms with van der Waals surface area (Å²) in [4.78, 5) is 22.9. The number of aryl methyl sites for hydroxylation is 1. The third-order valence-corrected chi connectivity index (χ3v) is 7.17. The number of anilines is 1. The second-order valence-corrected chi connectivity index (χ2v) is 9.90. The second-order valence-electron chi connectivity index (χ2n) is 9.46. The summed E-state index contributed by atoms with van der Waals surface area (Å²) < 4.78 is 8.02. The van der Waals surface area contributed by atoms with Crippen LogP contribution >= 0.6 is 11.6 Å². The lowest BCUT2D eigenvalue weighted by Gasteiger charge is -2.35. The van der Waals surface area contributed by atoms with Crippen molar-refractivity contribution in [1.82, 2.24) is 19.5 Å². The van der Waals surface area contributed by atoms with Crippen LogP contribution in [0.15, 0.2) is 30.3 Å². The molecule has 0 aliphatic carbocycles. The molecule has 1 amide bonds. The van der Waals surface area contributed by atoms with Crippen LogP contribution in [0.4, 0.5) is 5.82 Å². The van der Waals surface area contributed by atoms with Crippen LogP contribution in [0.5, 0.6) is 5.75 Å². The number of rotatable bonds is 3. The fourth-order valence-electron chi connectivity index (χ4n) is 5.05. The van der Waals surface area contributed by atoms with E-state index >= 15 is 0 Å². The van der Waals surface area contributed by atoms with Crippen molar-refractivity contribution in [2.24, 2.45) is 5.73 Å². The van der Waals surface area contributed by atoms with Crippen molar-refractivity contribution in [3.8, 4) is 5.75 Å². The van der Waals surface area contributed by atoms with Gasteiger partial charge in [-0.3, -0.25) is 4.79 Å². The Morgan fingerprint density at radius 1 is 1.14 bits per heavy atom. The number of piperidine rings is 1. The van der Waals surface area contributed by atoms with E-state index in [4.69, 9.17) is 32.2 Å². The van der Waals surface area contributed by atoms with Crippen molar-refractivity contribution in [3.63, 3.8) is 0 Å². The third-order valence-electron chi connectivity index (χ3n) is 6.93. The summed E-state index contributed by atoms with van der Waals surface area (Å²) in [6.45, 7) is 2.70. The Bertz CT molecular complexity index is 1210. The van der Waals surface area contributed by atoms with Gasteiger partial charge in [0.05, 0.1) is 23.9 Å². The molecule has 4 heterocycles. The first-order valence-corrected chi connectivity index (χ1v) is 13.0. The molecule has 9 heteroatoms. The average Bonchev–Trinajstić information content (AvgIpc) is 3.30. The van der Waals surface area contributed by atoms with Crippen LogP contribution in [0.3, 0.4) is 0 Å². The van der Waals surface area contributed by atoms with Gasteiger partial charge >= 0.3 is 0 Å². The minimum Gasteiger partial charge on any atom is -0.493 e. The smallest absolute Gasteiger partial charge is 0.258 e.